The van der Waals surface area contributed by atoms with Crippen LogP contribution in [0.15, 0.2) is 29.4 Å². The van der Waals surface area contributed by atoms with Gasteiger partial charge in [0.2, 0.25) is 0 Å². The molecule has 1 saturated carbocycles. The van der Waals surface area contributed by atoms with Gasteiger partial charge in [-0.3, -0.25) is 4.79 Å². The molecule has 1 aromatic rings. The summed E-state index contributed by atoms with van der Waals surface area (Å²) in [4.78, 5) is 16.9. The number of benzene rings is 1. The smallest absolute Gasteiger partial charge is 0.261 e. The van der Waals surface area contributed by atoms with Gasteiger partial charge in [-0.05, 0) is 36.8 Å². The Bertz CT molecular complexity index is 499. The lowest BCUT2D eigenvalue weighted by Crippen LogP contribution is -2.42. The molecule has 1 amide bonds. The second-order valence-electron chi connectivity index (χ2n) is 5.80. The number of aryl methyl sites for hydroxylation is 1. The molecule has 0 saturated heterocycles. The van der Waals surface area contributed by atoms with Crippen molar-refractivity contribution < 1.29 is 9.63 Å². The molecular weight excluding hydrogens is 264 g/mol. The number of rotatable bonds is 5. The summed E-state index contributed by atoms with van der Waals surface area (Å²) in [7, 11) is 0. The van der Waals surface area contributed by atoms with Crippen LogP contribution in [0.2, 0.25) is 0 Å². The molecule has 2 unspecified atom stereocenters. The monoisotopic (exact) mass is 288 g/mol. The van der Waals surface area contributed by atoms with E-state index in [2.05, 4.69) is 17.4 Å². The standard InChI is InChI=1S/C17H24N2O2/c1-13-7-3-5-9-15(13)11-18-21-12-17(20)19-16-10-6-4-8-14(16)2/h3,5,7,9,11,14,16H,4,6,8,10,12H2,1-2H3,(H,19,20)/b18-11+. The average Bonchev–Trinajstić information content (AvgIpc) is 2.48. The van der Waals surface area contributed by atoms with E-state index in [0.29, 0.717) is 5.92 Å². The molecule has 0 heterocycles. The lowest BCUT2D eigenvalue weighted by molar-refractivity contribution is -0.126. The summed E-state index contributed by atoms with van der Waals surface area (Å²) in [6.07, 6.45) is 6.37. The predicted molar refractivity (Wildman–Crippen MR) is 84.3 cm³/mol. The van der Waals surface area contributed by atoms with Crippen LogP contribution >= 0.6 is 0 Å². The number of carbonyl (C=O) groups is 1. The summed E-state index contributed by atoms with van der Waals surface area (Å²) in [5.41, 5.74) is 2.13. The van der Waals surface area contributed by atoms with Crippen LogP contribution in [0.3, 0.4) is 0 Å². The molecule has 2 rings (SSSR count). The Hall–Kier alpha value is -1.84. The van der Waals surface area contributed by atoms with Crippen molar-refractivity contribution in [1.82, 2.24) is 5.32 Å². The van der Waals surface area contributed by atoms with E-state index in [1.165, 1.54) is 19.3 Å². The second-order valence-corrected chi connectivity index (χ2v) is 5.80. The summed E-state index contributed by atoms with van der Waals surface area (Å²) < 4.78 is 0. The Labute approximate surface area is 126 Å². The lowest BCUT2D eigenvalue weighted by atomic mass is 9.86. The zero-order chi connectivity index (χ0) is 15.1. The highest BCUT2D eigenvalue weighted by atomic mass is 16.6. The molecule has 1 N–H and O–H groups in total. The summed E-state index contributed by atoms with van der Waals surface area (Å²) in [6, 6.07) is 8.19. The van der Waals surface area contributed by atoms with Gasteiger partial charge in [-0.15, -0.1) is 0 Å². The lowest BCUT2D eigenvalue weighted by Gasteiger charge is -2.29. The maximum Gasteiger partial charge on any atom is 0.261 e. The Morgan fingerprint density at radius 1 is 1.38 bits per heavy atom. The molecule has 1 aromatic carbocycles. The fourth-order valence-electron chi connectivity index (χ4n) is 2.70. The Kier molecular flexibility index (Phi) is 5.78. The van der Waals surface area contributed by atoms with Crippen LogP contribution in [-0.2, 0) is 9.63 Å². The van der Waals surface area contributed by atoms with Crippen molar-refractivity contribution in [1.29, 1.82) is 0 Å². The minimum Gasteiger partial charge on any atom is -0.386 e. The molecule has 114 valence electrons. The zero-order valence-corrected chi connectivity index (χ0v) is 12.8. The molecular formula is C17H24N2O2. The molecule has 0 radical (unpaired) electrons. The van der Waals surface area contributed by atoms with Gasteiger partial charge in [0.15, 0.2) is 6.61 Å². The van der Waals surface area contributed by atoms with E-state index in [1.807, 2.05) is 31.2 Å². The van der Waals surface area contributed by atoms with E-state index in [0.717, 1.165) is 17.5 Å². The summed E-state index contributed by atoms with van der Waals surface area (Å²) in [6.45, 7) is 4.19. The van der Waals surface area contributed by atoms with Crippen LogP contribution in [0.4, 0.5) is 0 Å². The van der Waals surface area contributed by atoms with Gasteiger partial charge in [-0.25, -0.2) is 0 Å². The van der Waals surface area contributed by atoms with Gasteiger partial charge in [0.25, 0.3) is 5.91 Å². The van der Waals surface area contributed by atoms with E-state index in [4.69, 9.17) is 4.84 Å². The number of nitrogens with one attached hydrogen (secondary N) is 1. The van der Waals surface area contributed by atoms with E-state index in [9.17, 15) is 4.79 Å². The fraction of sp³-hybridized carbons (Fsp3) is 0.529. The molecule has 1 aliphatic rings. The van der Waals surface area contributed by atoms with Crippen LogP contribution in [0.25, 0.3) is 0 Å². The van der Waals surface area contributed by atoms with Crippen LogP contribution in [0, 0.1) is 12.8 Å². The highest BCUT2D eigenvalue weighted by molar-refractivity contribution is 5.81. The van der Waals surface area contributed by atoms with Crippen molar-refractivity contribution >= 4 is 12.1 Å². The minimum absolute atomic E-state index is 0.0222. The molecule has 2 atom stereocenters. The summed E-state index contributed by atoms with van der Waals surface area (Å²) in [5.74, 6) is 0.467. The highest BCUT2D eigenvalue weighted by Crippen LogP contribution is 2.23. The SMILES string of the molecule is Cc1ccccc1/C=N/OCC(=O)NC1CCCCC1C. The number of oxime groups is 1. The molecule has 0 spiro atoms. The number of hydrogen-bond acceptors (Lipinski definition) is 3. The Morgan fingerprint density at radius 2 is 2.14 bits per heavy atom. The Morgan fingerprint density at radius 3 is 2.90 bits per heavy atom. The van der Waals surface area contributed by atoms with Gasteiger partial charge in [-0.2, -0.15) is 0 Å². The van der Waals surface area contributed by atoms with E-state index >= 15 is 0 Å². The van der Waals surface area contributed by atoms with E-state index < -0.39 is 0 Å². The third kappa shape index (κ3) is 4.88. The van der Waals surface area contributed by atoms with Crippen molar-refractivity contribution in [3.63, 3.8) is 0 Å². The van der Waals surface area contributed by atoms with Gasteiger partial charge in [0.05, 0.1) is 6.21 Å². The summed E-state index contributed by atoms with van der Waals surface area (Å²) in [5, 5.41) is 6.91. The normalized spacial score (nSPS) is 22.2. The summed E-state index contributed by atoms with van der Waals surface area (Å²) >= 11 is 0. The van der Waals surface area contributed by atoms with Crippen molar-refractivity contribution in [2.75, 3.05) is 6.61 Å². The number of amides is 1. The first kappa shape index (κ1) is 15.5. The van der Waals surface area contributed by atoms with Crippen LogP contribution in [0.1, 0.15) is 43.7 Å². The molecule has 4 heteroatoms. The van der Waals surface area contributed by atoms with Gasteiger partial charge in [0.1, 0.15) is 0 Å². The number of carbonyl (C=O) groups excluding carboxylic acids is 1. The van der Waals surface area contributed by atoms with Gasteiger partial charge >= 0.3 is 0 Å². The Balaban J connectivity index is 1.73. The van der Waals surface area contributed by atoms with Gasteiger partial charge in [0, 0.05) is 6.04 Å². The number of hydrogen-bond donors (Lipinski definition) is 1. The van der Waals surface area contributed by atoms with Crippen LogP contribution in [-0.4, -0.2) is 24.8 Å². The minimum atomic E-state index is -0.0873. The van der Waals surface area contributed by atoms with Crippen LogP contribution in [0.5, 0.6) is 0 Å². The maximum atomic E-state index is 11.8. The molecule has 1 fully saturated rings. The largest absolute Gasteiger partial charge is 0.386 e. The number of nitrogens with zero attached hydrogens (tertiary/aromatic N) is 1. The van der Waals surface area contributed by atoms with E-state index in [1.54, 1.807) is 6.21 Å². The highest BCUT2D eigenvalue weighted by Gasteiger charge is 2.22. The fourth-order valence-corrected chi connectivity index (χ4v) is 2.70. The predicted octanol–water partition coefficient (Wildman–Crippen LogP) is 3.04. The molecule has 4 nitrogen and oxygen atoms in total. The first-order valence-corrected chi connectivity index (χ1v) is 7.67. The zero-order valence-electron chi connectivity index (χ0n) is 12.8. The van der Waals surface area contributed by atoms with E-state index in [-0.39, 0.29) is 18.6 Å². The average molecular weight is 288 g/mol. The van der Waals surface area contributed by atoms with Crippen LogP contribution < -0.4 is 5.32 Å². The molecule has 0 bridgehead atoms. The van der Waals surface area contributed by atoms with Gasteiger partial charge < -0.3 is 10.2 Å². The molecule has 1 aliphatic carbocycles. The van der Waals surface area contributed by atoms with Crippen molar-refractivity contribution in [2.24, 2.45) is 11.1 Å². The van der Waals surface area contributed by atoms with Crippen molar-refractivity contribution in [2.45, 2.75) is 45.6 Å². The first-order chi connectivity index (χ1) is 10.2. The quantitative estimate of drug-likeness (QED) is 0.669. The second kappa shape index (κ2) is 7.81. The third-order valence-corrected chi connectivity index (χ3v) is 4.11. The molecule has 21 heavy (non-hydrogen) atoms. The first-order valence-electron chi connectivity index (χ1n) is 7.67. The van der Waals surface area contributed by atoms with Crippen molar-refractivity contribution in [3.8, 4) is 0 Å². The topological polar surface area (TPSA) is 50.7 Å². The molecule has 0 aromatic heterocycles. The third-order valence-electron chi connectivity index (χ3n) is 4.11. The van der Waals surface area contributed by atoms with Gasteiger partial charge in [-0.1, -0.05) is 49.2 Å². The molecule has 0 aliphatic heterocycles. The van der Waals surface area contributed by atoms with Crippen molar-refractivity contribution in [3.05, 3.63) is 35.4 Å². The maximum absolute atomic E-state index is 11.8.